The van der Waals surface area contributed by atoms with Gasteiger partial charge >= 0.3 is 6.09 Å². The molecular weight excluding hydrogens is 506 g/mol. The van der Waals surface area contributed by atoms with E-state index < -0.39 is 12.1 Å². The standard InChI is InChI=1S/C30H33N7O3/c1-18(34-30(39)40)29(38)37-15-3-5-26(37)28-33-17-25(36-28)22-12-8-20(9-13-22)19-6-10-21(11-7-19)24-16-32-27(35-24)23-4-2-14-31-23/h6-13,16-18,23,26,31,34H,2-5,14-15H2,1H3,(H,32,35)(H,33,36)(H,39,40)/t18-,23-,26-/m0/s1. The van der Waals surface area contributed by atoms with E-state index in [1.54, 1.807) is 18.0 Å². The van der Waals surface area contributed by atoms with Crippen LogP contribution in [0.15, 0.2) is 60.9 Å². The van der Waals surface area contributed by atoms with E-state index >= 15 is 0 Å². The molecule has 2 saturated heterocycles. The molecular formula is C30H33N7O3. The molecule has 206 valence electrons. The monoisotopic (exact) mass is 539 g/mol. The van der Waals surface area contributed by atoms with Gasteiger partial charge in [0.25, 0.3) is 0 Å². The number of likely N-dealkylation sites (tertiary alicyclic amines) is 1. The van der Waals surface area contributed by atoms with Crippen molar-refractivity contribution in [2.24, 2.45) is 0 Å². The molecule has 2 aliphatic heterocycles. The summed E-state index contributed by atoms with van der Waals surface area (Å²) in [5.74, 6) is 1.48. The van der Waals surface area contributed by atoms with Crippen molar-refractivity contribution in [3.8, 4) is 33.6 Å². The minimum absolute atomic E-state index is 0.197. The molecule has 0 bridgehead atoms. The average molecular weight is 540 g/mol. The third-order valence-corrected chi connectivity index (χ3v) is 7.87. The van der Waals surface area contributed by atoms with E-state index in [2.05, 4.69) is 79.1 Å². The summed E-state index contributed by atoms with van der Waals surface area (Å²) in [7, 11) is 0. The number of carbonyl (C=O) groups is 2. The van der Waals surface area contributed by atoms with Crippen LogP contribution in [0.4, 0.5) is 4.79 Å². The summed E-state index contributed by atoms with van der Waals surface area (Å²) in [5.41, 5.74) is 6.25. The molecule has 0 spiro atoms. The number of nitrogens with zero attached hydrogens (tertiary/aromatic N) is 3. The number of aromatic nitrogens is 4. The first kappa shape index (κ1) is 25.8. The number of hydrogen-bond donors (Lipinski definition) is 5. The van der Waals surface area contributed by atoms with Gasteiger partial charge in [0, 0.05) is 6.54 Å². The molecule has 0 unspecified atom stereocenters. The Kier molecular flexibility index (Phi) is 7.08. The van der Waals surface area contributed by atoms with E-state index in [1.165, 1.54) is 6.42 Å². The van der Waals surface area contributed by atoms with Crippen molar-refractivity contribution in [2.75, 3.05) is 13.1 Å². The second kappa shape index (κ2) is 11.0. The van der Waals surface area contributed by atoms with Crippen LogP contribution >= 0.6 is 0 Å². The largest absolute Gasteiger partial charge is 0.465 e. The summed E-state index contributed by atoms with van der Waals surface area (Å²) in [6.45, 7) is 3.19. The Morgan fingerprint density at radius 1 is 0.875 bits per heavy atom. The molecule has 3 atom stereocenters. The van der Waals surface area contributed by atoms with Crippen LogP contribution in [0.5, 0.6) is 0 Å². The molecule has 10 nitrogen and oxygen atoms in total. The maximum Gasteiger partial charge on any atom is 0.405 e. The Balaban J connectivity index is 1.13. The molecule has 2 fully saturated rings. The summed E-state index contributed by atoms with van der Waals surface area (Å²) >= 11 is 0. The van der Waals surface area contributed by atoms with E-state index in [4.69, 9.17) is 5.11 Å². The predicted octanol–water partition coefficient (Wildman–Crippen LogP) is 4.88. The molecule has 2 aromatic heterocycles. The van der Waals surface area contributed by atoms with Gasteiger partial charge in [0.05, 0.1) is 35.9 Å². The molecule has 6 rings (SSSR count). The molecule has 0 radical (unpaired) electrons. The molecule has 10 heteroatoms. The first-order valence-electron chi connectivity index (χ1n) is 13.8. The highest BCUT2D eigenvalue weighted by molar-refractivity contribution is 5.85. The number of aromatic amines is 2. The predicted molar refractivity (Wildman–Crippen MR) is 151 cm³/mol. The van der Waals surface area contributed by atoms with Gasteiger partial charge in [-0.2, -0.15) is 0 Å². The zero-order chi connectivity index (χ0) is 27.6. The Morgan fingerprint density at radius 2 is 1.45 bits per heavy atom. The van der Waals surface area contributed by atoms with Crippen molar-refractivity contribution in [3.05, 3.63) is 72.6 Å². The number of hydrogen-bond acceptors (Lipinski definition) is 5. The second-order valence-corrected chi connectivity index (χ2v) is 10.5. The van der Waals surface area contributed by atoms with Gasteiger partial charge in [-0.1, -0.05) is 48.5 Å². The summed E-state index contributed by atoms with van der Waals surface area (Å²) in [5, 5.41) is 14.7. The van der Waals surface area contributed by atoms with Gasteiger partial charge in [-0.3, -0.25) is 4.79 Å². The van der Waals surface area contributed by atoms with E-state index in [1.807, 2.05) is 6.20 Å². The average Bonchev–Trinajstić information content (AvgIpc) is 3.79. The van der Waals surface area contributed by atoms with Crippen molar-refractivity contribution >= 4 is 12.0 Å². The van der Waals surface area contributed by atoms with E-state index in [9.17, 15) is 9.59 Å². The van der Waals surface area contributed by atoms with E-state index in [-0.39, 0.29) is 11.9 Å². The van der Waals surface area contributed by atoms with Gasteiger partial charge in [0.1, 0.15) is 17.7 Å². The topological polar surface area (TPSA) is 139 Å². The Bertz CT molecular complexity index is 1490. The van der Waals surface area contributed by atoms with Crippen LogP contribution in [0.25, 0.3) is 33.6 Å². The number of amides is 2. The van der Waals surface area contributed by atoms with Crippen LogP contribution < -0.4 is 10.6 Å². The maximum atomic E-state index is 12.8. The maximum absolute atomic E-state index is 12.8. The quantitative estimate of drug-likeness (QED) is 0.227. The van der Waals surface area contributed by atoms with Crippen LogP contribution in [0.2, 0.25) is 0 Å². The van der Waals surface area contributed by atoms with Crippen molar-refractivity contribution in [3.63, 3.8) is 0 Å². The Labute approximate surface area is 232 Å². The Morgan fingerprint density at radius 3 is 2.02 bits per heavy atom. The highest BCUT2D eigenvalue weighted by Gasteiger charge is 2.34. The van der Waals surface area contributed by atoms with Gasteiger partial charge in [0.15, 0.2) is 0 Å². The summed E-state index contributed by atoms with van der Waals surface area (Å²) in [6, 6.07) is 16.1. The summed E-state index contributed by atoms with van der Waals surface area (Å²) in [4.78, 5) is 41.5. The molecule has 4 aromatic rings. The van der Waals surface area contributed by atoms with Crippen LogP contribution in [-0.2, 0) is 4.79 Å². The molecule has 40 heavy (non-hydrogen) atoms. The van der Waals surface area contributed by atoms with Gasteiger partial charge < -0.3 is 30.6 Å². The summed E-state index contributed by atoms with van der Waals surface area (Å²) < 4.78 is 0. The molecule has 2 aromatic carbocycles. The molecule has 4 heterocycles. The lowest BCUT2D eigenvalue weighted by atomic mass is 10.0. The summed E-state index contributed by atoms with van der Waals surface area (Å²) in [6.07, 6.45) is 6.42. The fourth-order valence-corrected chi connectivity index (χ4v) is 5.73. The number of carboxylic acid groups (broad SMARTS) is 1. The van der Waals surface area contributed by atoms with Crippen LogP contribution in [0, 0.1) is 0 Å². The molecule has 5 N–H and O–H groups in total. The molecule has 2 aliphatic rings. The van der Waals surface area contributed by atoms with Crippen molar-refractivity contribution in [1.82, 2.24) is 35.5 Å². The lowest BCUT2D eigenvalue weighted by Crippen LogP contribution is -2.46. The number of imidazole rings is 2. The Hall–Kier alpha value is -4.44. The minimum Gasteiger partial charge on any atom is -0.465 e. The number of carbonyl (C=O) groups excluding carboxylic acids is 1. The van der Waals surface area contributed by atoms with E-state index in [0.717, 1.165) is 65.3 Å². The van der Waals surface area contributed by atoms with Crippen molar-refractivity contribution < 1.29 is 14.7 Å². The van der Waals surface area contributed by atoms with Crippen LogP contribution in [0.3, 0.4) is 0 Å². The van der Waals surface area contributed by atoms with Gasteiger partial charge in [-0.05, 0) is 61.4 Å². The third-order valence-electron chi connectivity index (χ3n) is 7.87. The van der Waals surface area contributed by atoms with Gasteiger partial charge in [0.2, 0.25) is 5.91 Å². The number of H-pyrrole nitrogens is 2. The van der Waals surface area contributed by atoms with E-state index in [0.29, 0.717) is 18.4 Å². The zero-order valence-corrected chi connectivity index (χ0v) is 22.4. The van der Waals surface area contributed by atoms with Gasteiger partial charge in [-0.25, -0.2) is 14.8 Å². The number of nitrogens with one attached hydrogen (secondary N) is 4. The third kappa shape index (κ3) is 5.22. The molecule has 0 aliphatic carbocycles. The van der Waals surface area contributed by atoms with Gasteiger partial charge in [-0.15, -0.1) is 0 Å². The first-order chi connectivity index (χ1) is 19.5. The highest BCUT2D eigenvalue weighted by atomic mass is 16.4. The first-order valence-corrected chi connectivity index (χ1v) is 13.8. The SMILES string of the molecule is C[C@H](NC(=O)O)C(=O)N1CCC[C@H]1c1ncc(-c2ccc(-c3ccc(-c4cnc([C@@H]5CCCN5)[nH]4)cc3)cc2)[nH]1. The zero-order valence-electron chi connectivity index (χ0n) is 22.4. The lowest BCUT2D eigenvalue weighted by molar-refractivity contribution is -0.134. The smallest absolute Gasteiger partial charge is 0.405 e. The lowest BCUT2D eigenvalue weighted by Gasteiger charge is -2.26. The van der Waals surface area contributed by atoms with Crippen molar-refractivity contribution in [2.45, 2.75) is 50.7 Å². The fraction of sp³-hybridized carbons (Fsp3) is 0.333. The molecule has 0 saturated carbocycles. The molecule has 2 amide bonds. The van der Waals surface area contributed by atoms with Crippen molar-refractivity contribution in [1.29, 1.82) is 0 Å². The number of rotatable bonds is 7. The van der Waals surface area contributed by atoms with Crippen LogP contribution in [0.1, 0.15) is 56.3 Å². The highest BCUT2D eigenvalue weighted by Crippen LogP contribution is 2.33. The fourth-order valence-electron chi connectivity index (χ4n) is 5.73. The minimum atomic E-state index is -1.21. The normalized spacial score (nSPS) is 19.6. The second-order valence-electron chi connectivity index (χ2n) is 10.5. The van der Waals surface area contributed by atoms with Crippen LogP contribution in [-0.4, -0.2) is 61.1 Å². The number of benzene rings is 2.